The quantitative estimate of drug-likeness (QED) is 0.138. The molecule has 37 heavy (non-hydrogen) atoms. The summed E-state index contributed by atoms with van der Waals surface area (Å²) in [4.78, 5) is 13.9. The van der Waals surface area contributed by atoms with Crippen LogP contribution >= 0.6 is 10.5 Å². The third kappa shape index (κ3) is 5.23. The van der Waals surface area contributed by atoms with Crippen molar-refractivity contribution in [2.45, 2.75) is 33.3 Å². The van der Waals surface area contributed by atoms with Gasteiger partial charge in [0, 0.05) is 38.9 Å². The summed E-state index contributed by atoms with van der Waals surface area (Å²) < 4.78 is 14.3. The SMILES string of the molecule is Cc1cc(-[s+]2c3ccccc3c3ccccc32)cc(C)c1OCC(=O)OC(C)(C)C#Cc1ccccc1. The van der Waals surface area contributed by atoms with Gasteiger partial charge in [-0.25, -0.2) is 4.79 Å². The lowest BCUT2D eigenvalue weighted by Crippen LogP contribution is -2.29. The van der Waals surface area contributed by atoms with Gasteiger partial charge in [0.05, 0.1) is 0 Å². The van der Waals surface area contributed by atoms with E-state index in [0.29, 0.717) is 0 Å². The largest absolute Gasteiger partial charge is 0.481 e. The summed E-state index contributed by atoms with van der Waals surface area (Å²) in [5.41, 5.74) is 1.96. The van der Waals surface area contributed by atoms with Crippen LogP contribution in [0.1, 0.15) is 30.5 Å². The standard InChI is InChI=1S/C33H29O3S/c1-23-20-26(37-29-16-10-8-14-27(29)28-15-9-11-17-30(28)37)21-24(2)32(23)35-22-31(34)36-33(3,4)19-18-25-12-6-5-7-13-25/h5-17,20-21H,22H2,1-4H3/q+1. The molecule has 0 unspecified atom stereocenters. The highest BCUT2D eigenvalue weighted by Gasteiger charge is 2.25. The summed E-state index contributed by atoms with van der Waals surface area (Å²) in [6.45, 7) is 7.46. The Hall–Kier alpha value is -4.07. The summed E-state index contributed by atoms with van der Waals surface area (Å²) in [5, 5.41) is 2.61. The lowest BCUT2D eigenvalue weighted by molar-refractivity contribution is -0.154. The number of rotatable bonds is 5. The van der Waals surface area contributed by atoms with Crippen LogP contribution in [0.5, 0.6) is 5.75 Å². The van der Waals surface area contributed by atoms with Crippen LogP contribution in [0.2, 0.25) is 0 Å². The Kier molecular flexibility index (Phi) is 6.74. The van der Waals surface area contributed by atoms with Gasteiger partial charge in [0.25, 0.3) is 0 Å². The maximum absolute atomic E-state index is 12.6. The van der Waals surface area contributed by atoms with Crippen molar-refractivity contribution < 1.29 is 14.3 Å². The second kappa shape index (κ2) is 10.1. The molecule has 0 N–H and O–H groups in total. The Morgan fingerprint density at radius 2 is 1.35 bits per heavy atom. The molecule has 0 aliphatic carbocycles. The molecule has 0 saturated carbocycles. The molecule has 0 aliphatic rings. The minimum absolute atomic E-state index is 0.172. The Labute approximate surface area is 220 Å². The van der Waals surface area contributed by atoms with E-state index in [2.05, 4.69) is 72.5 Å². The van der Waals surface area contributed by atoms with E-state index >= 15 is 0 Å². The predicted octanol–water partition coefficient (Wildman–Crippen LogP) is 8.10. The summed E-state index contributed by atoms with van der Waals surface area (Å²) in [5.74, 6) is 6.37. The number of hydrogen-bond acceptors (Lipinski definition) is 3. The van der Waals surface area contributed by atoms with Gasteiger partial charge in [-0.05, 0) is 75.2 Å². The van der Waals surface area contributed by atoms with E-state index in [-0.39, 0.29) is 17.1 Å². The summed E-state index contributed by atoms with van der Waals surface area (Å²) in [6, 6.07) is 31.3. The van der Waals surface area contributed by atoms with Crippen LogP contribution in [0.4, 0.5) is 0 Å². The second-order valence-corrected chi connectivity index (χ2v) is 11.5. The highest BCUT2D eigenvalue weighted by atomic mass is 32.2. The number of esters is 1. The minimum atomic E-state index is -0.922. The zero-order chi connectivity index (χ0) is 26.0. The molecule has 0 fully saturated rings. The van der Waals surface area contributed by atoms with Gasteiger partial charge in [0.2, 0.25) is 0 Å². The fourth-order valence-corrected chi connectivity index (χ4v) is 7.14. The van der Waals surface area contributed by atoms with E-state index in [1.165, 1.54) is 25.1 Å². The van der Waals surface area contributed by atoms with Crippen molar-refractivity contribution >= 4 is 36.6 Å². The maximum Gasteiger partial charge on any atom is 0.345 e. The lowest BCUT2D eigenvalue weighted by Gasteiger charge is -2.19. The van der Waals surface area contributed by atoms with Crippen LogP contribution in [-0.4, -0.2) is 18.2 Å². The molecule has 4 heteroatoms. The number of aryl methyl sites for hydroxylation is 2. The van der Waals surface area contributed by atoms with Crippen LogP contribution in [0.15, 0.2) is 91.0 Å². The summed E-state index contributed by atoms with van der Waals surface area (Å²) in [7, 11) is -0.176. The van der Waals surface area contributed by atoms with Crippen LogP contribution in [0.25, 0.3) is 25.1 Å². The summed E-state index contributed by atoms with van der Waals surface area (Å²) in [6.07, 6.45) is 0. The van der Waals surface area contributed by atoms with Gasteiger partial charge in [-0.3, -0.25) is 0 Å². The van der Waals surface area contributed by atoms with E-state index in [4.69, 9.17) is 9.47 Å². The van der Waals surface area contributed by atoms with Crippen LogP contribution in [-0.2, 0) is 9.53 Å². The molecule has 5 aromatic rings. The van der Waals surface area contributed by atoms with Gasteiger partial charge in [-0.1, -0.05) is 54.3 Å². The zero-order valence-corrected chi connectivity index (χ0v) is 22.3. The molecule has 3 nitrogen and oxygen atoms in total. The highest BCUT2D eigenvalue weighted by Crippen LogP contribution is 2.49. The van der Waals surface area contributed by atoms with Crippen LogP contribution in [0, 0.1) is 25.7 Å². The van der Waals surface area contributed by atoms with Crippen LogP contribution in [0.3, 0.4) is 0 Å². The molecule has 0 amide bonds. The second-order valence-electron chi connectivity index (χ2n) is 9.57. The van der Waals surface area contributed by atoms with Gasteiger partial charge < -0.3 is 9.47 Å². The molecule has 0 atom stereocenters. The van der Waals surface area contributed by atoms with Crippen molar-refractivity contribution in [3.05, 3.63) is 108 Å². The Bertz CT molecular complexity index is 1590. The van der Waals surface area contributed by atoms with Crippen LogP contribution < -0.4 is 4.74 Å². The monoisotopic (exact) mass is 505 g/mol. The van der Waals surface area contributed by atoms with Crippen molar-refractivity contribution in [2.24, 2.45) is 0 Å². The average molecular weight is 506 g/mol. The molecule has 1 aromatic heterocycles. The van der Waals surface area contributed by atoms with Gasteiger partial charge >= 0.3 is 5.97 Å². The van der Waals surface area contributed by atoms with E-state index in [0.717, 1.165) is 22.4 Å². The first kappa shape index (κ1) is 24.6. The minimum Gasteiger partial charge on any atom is -0.481 e. The zero-order valence-electron chi connectivity index (χ0n) is 21.5. The third-order valence-electron chi connectivity index (χ3n) is 6.16. The van der Waals surface area contributed by atoms with Crippen molar-refractivity contribution in [3.63, 3.8) is 0 Å². The number of ether oxygens (including phenoxy) is 2. The number of carbonyl (C=O) groups excluding carboxylic acids is 1. The molecule has 0 spiro atoms. The van der Waals surface area contributed by atoms with Gasteiger partial charge in [0.15, 0.2) is 26.5 Å². The van der Waals surface area contributed by atoms with Crippen molar-refractivity contribution in [1.29, 1.82) is 0 Å². The average Bonchev–Trinajstić information content (AvgIpc) is 3.22. The fraction of sp³-hybridized carbons (Fsp3) is 0.182. The number of hydrogen-bond donors (Lipinski definition) is 0. The third-order valence-corrected chi connectivity index (χ3v) is 8.46. The molecular formula is C33H29O3S+. The molecule has 0 saturated heterocycles. The lowest BCUT2D eigenvalue weighted by atomic mass is 10.1. The Morgan fingerprint density at radius 3 is 1.95 bits per heavy atom. The first-order valence-corrected chi connectivity index (χ1v) is 13.5. The molecular weight excluding hydrogens is 476 g/mol. The molecule has 184 valence electrons. The van der Waals surface area contributed by atoms with E-state index < -0.39 is 11.6 Å². The highest BCUT2D eigenvalue weighted by molar-refractivity contribution is 7.50. The van der Waals surface area contributed by atoms with Crippen molar-refractivity contribution in [2.75, 3.05) is 6.61 Å². The van der Waals surface area contributed by atoms with Gasteiger partial charge in [0.1, 0.15) is 5.75 Å². The van der Waals surface area contributed by atoms with E-state index in [9.17, 15) is 4.79 Å². The van der Waals surface area contributed by atoms with Crippen molar-refractivity contribution in [1.82, 2.24) is 0 Å². The molecule has 0 aliphatic heterocycles. The smallest absolute Gasteiger partial charge is 0.345 e. The molecule has 4 aromatic carbocycles. The predicted molar refractivity (Wildman–Crippen MR) is 154 cm³/mol. The number of fused-ring (bicyclic) bond motifs is 3. The van der Waals surface area contributed by atoms with Gasteiger partial charge in [-0.15, -0.1) is 0 Å². The maximum atomic E-state index is 12.6. The topological polar surface area (TPSA) is 35.5 Å². The Morgan fingerprint density at radius 1 is 0.811 bits per heavy atom. The number of carbonyl (C=O) groups is 1. The number of benzene rings is 4. The normalized spacial score (nSPS) is 11.2. The molecule has 0 radical (unpaired) electrons. The molecule has 1 heterocycles. The first-order chi connectivity index (χ1) is 17.8. The van der Waals surface area contributed by atoms with Crippen molar-refractivity contribution in [3.8, 4) is 22.5 Å². The fourth-order valence-electron chi connectivity index (χ4n) is 4.58. The number of thiophene rings is 1. The molecule has 0 bridgehead atoms. The molecule has 5 rings (SSSR count). The van der Waals surface area contributed by atoms with E-state index in [1.54, 1.807) is 13.8 Å². The Balaban J connectivity index is 1.35. The van der Waals surface area contributed by atoms with E-state index in [1.807, 2.05) is 44.2 Å². The first-order valence-electron chi connectivity index (χ1n) is 12.3. The van der Waals surface area contributed by atoms with Gasteiger partial charge in [-0.2, -0.15) is 0 Å². The summed E-state index contributed by atoms with van der Waals surface area (Å²) >= 11 is 0.